The van der Waals surface area contributed by atoms with Gasteiger partial charge in [-0.05, 0) is 36.6 Å². The molecule has 0 unspecified atom stereocenters. The number of rotatable bonds is 4. The monoisotopic (exact) mass is 218 g/mol. The summed E-state index contributed by atoms with van der Waals surface area (Å²) in [5.41, 5.74) is 6.99. The van der Waals surface area contributed by atoms with Gasteiger partial charge in [0.1, 0.15) is 0 Å². The molecule has 1 aliphatic carbocycles. The Labute approximate surface area is 96.2 Å². The van der Waals surface area contributed by atoms with E-state index in [4.69, 9.17) is 5.73 Å². The van der Waals surface area contributed by atoms with E-state index in [1.165, 1.54) is 12.8 Å². The molecule has 1 fully saturated rings. The van der Waals surface area contributed by atoms with E-state index in [0.29, 0.717) is 11.3 Å². The van der Waals surface area contributed by atoms with Crippen molar-refractivity contribution >= 4 is 11.6 Å². The first-order valence-corrected chi connectivity index (χ1v) is 5.78. The maximum Gasteiger partial charge on any atom is 0.253 e. The number of nitrogens with zero attached hydrogens (tertiary/aromatic N) is 1. The molecular formula is C13H18N2O. The van der Waals surface area contributed by atoms with Crippen molar-refractivity contribution in [3.05, 3.63) is 29.8 Å². The van der Waals surface area contributed by atoms with Crippen LogP contribution in [0.25, 0.3) is 0 Å². The number of hydrogen-bond donors (Lipinski definition) is 1. The smallest absolute Gasteiger partial charge is 0.253 e. The fourth-order valence-electron chi connectivity index (χ4n) is 1.73. The first-order valence-electron chi connectivity index (χ1n) is 5.78. The van der Waals surface area contributed by atoms with Crippen LogP contribution in [0.1, 0.15) is 29.6 Å². The second-order valence-electron chi connectivity index (χ2n) is 4.58. The molecule has 0 aliphatic heterocycles. The zero-order valence-electron chi connectivity index (χ0n) is 9.65. The van der Waals surface area contributed by atoms with Gasteiger partial charge >= 0.3 is 0 Å². The average Bonchev–Trinajstić information content (AvgIpc) is 3.10. The minimum Gasteiger partial charge on any atom is -0.399 e. The molecule has 2 N–H and O–H groups in total. The van der Waals surface area contributed by atoms with Gasteiger partial charge in [0.15, 0.2) is 0 Å². The van der Waals surface area contributed by atoms with E-state index < -0.39 is 0 Å². The molecule has 3 heteroatoms. The Morgan fingerprint density at radius 1 is 1.38 bits per heavy atom. The van der Waals surface area contributed by atoms with E-state index in [2.05, 4.69) is 0 Å². The molecule has 0 radical (unpaired) electrons. The third-order valence-corrected chi connectivity index (χ3v) is 3.07. The highest BCUT2D eigenvalue weighted by molar-refractivity contribution is 5.94. The number of carbonyl (C=O) groups excluding carboxylic acids is 1. The molecule has 0 saturated heterocycles. The summed E-state index contributed by atoms with van der Waals surface area (Å²) in [7, 11) is 1.86. The van der Waals surface area contributed by atoms with Gasteiger partial charge in [0.25, 0.3) is 5.91 Å². The molecule has 0 bridgehead atoms. The van der Waals surface area contributed by atoms with Gasteiger partial charge < -0.3 is 10.6 Å². The van der Waals surface area contributed by atoms with Gasteiger partial charge in [0.2, 0.25) is 0 Å². The topological polar surface area (TPSA) is 46.3 Å². The van der Waals surface area contributed by atoms with E-state index in [9.17, 15) is 4.79 Å². The number of carbonyl (C=O) groups is 1. The lowest BCUT2D eigenvalue weighted by Gasteiger charge is -2.17. The van der Waals surface area contributed by atoms with Gasteiger partial charge in [-0.25, -0.2) is 0 Å². The number of benzene rings is 1. The highest BCUT2D eigenvalue weighted by Gasteiger charge is 2.22. The lowest BCUT2D eigenvalue weighted by atomic mass is 10.2. The second kappa shape index (κ2) is 4.56. The molecule has 0 atom stereocenters. The van der Waals surface area contributed by atoms with Crippen molar-refractivity contribution in [3.63, 3.8) is 0 Å². The molecule has 86 valence electrons. The van der Waals surface area contributed by atoms with E-state index in [0.717, 1.165) is 18.9 Å². The summed E-state index contributed by atoms with van der Waals surface area (Å²) in [4.78, 5) is 13.8. The summed E-state index contributed by atoms with van der Waals surface area (Å²) in [6.45, 7) is 0.855. The average molecular weight is 218 g/mol. The minimum atomic E-state index is 0.0839. The Morgan fingerprint density at radius 3 is 2.56 bits per heavy atom. The fourth-order valence-corrected chi connectivity index (χ4v) is 1.73. The van der Waals surface area contributed by atoms with Crippen LogP contribution in [0.2, 0.25) is 0 Å². The van der Waals surface area contributed by atoms with E-state index >= 15 is 0 Å². The molecule has 16 heavy (non-hydrogen) atoms. The highest BCUT2D eigenvalue weighted by atomic mass is 16.2. The quantitative estimate of drug-likeness (QED) is 0.787. The number of nitrogens with two attached hydrogens (primary N) is 1. The van der Waals surface area contributed by atoms with Crippen LogP contribution in [-0.4, -0.2) is 24.4 Å². The predicted molar refractivity (Wildman–Crippen MR) is 65.2 cm³/mol. The van der Waals surface area contributed by atoms with Gasteiger partial charge in [0.05, 0.1) is 0 Å². The summed E-state index contributed by atoms with van der Waals surface area (Å²) < 4.78 is 0. The normalized spacial score (nSPS) is 14.8. The van der Waals surface area contributed by atoms with Crippen LogP contribution in [0.4, 0.5) is 5.69 Å². The van der Waals surface area contributed by atoms with Crippen LogP contribution in [0, 0.1) is 5.92 Å². The van der Waals surface area contributed by atoms with Gasteiger partial charge in [0, 0.05) is 24.8 Å². The maximum atomic E-state index is 12.0. The zero-order valence-corrected chi connectivity index (χ0v) is 9.65. The Bertz CT molecular complexity index is 368. The van der Waals surface area contributed by atoms with Crippen molar-refractivity contribution in [2.45, 2.75) is 19.3 Å². The summed E-state index contributed by atoms with van der Waals surface area (Å²) in [5.74, 6) is 0.947. The van der Waals surface area contributed by atoms with Gasteiger partial charge in [-0.3, -0.25) is 4.79 Å². The van der Waals surface area contributed by atoms with Crippen molar-refractivity contribution in [2.75, 3.05) is 19.3 Å². The maximum absolute atomic E-state index is 12.0. The summed E-state index contributed by atoms with van der Waals surface area (Å²) in [6.07, 6.45) is 3.81. The van der Waals surface area contributed by atoms with Crippen molar-refractivity contribution in [3.8, 4) is 0 Å². The minimum absolute atomic E-state index is 0.0839. The molecule has 1 aromatic rings. The van der Waals surface area contributed by atoms with E-state index in [1.807, 2.05) is 7.05 Å². The Balaban J connectivity index is 1.91. The Hall–Kier alpha value is -1.51. The summed E-state index contributed by atoms with van der Waals surface area (Å²) >= 11 is 0. The van der Waals surface area contributed by atoms with Gasteiger partial charge in [-0.2, -0.15) is 0 Å². The summed E-state index contributed by atoms with van der Waals surface area (Å²) in [6, 6.07) is 7.10. The predicted octanol–water partition coefficient (Wildman–Crippen LogP) is 2.14. The lowest BCUT2D eigenvalue weighted by Crippen LogP contribution is -2.27. The van der Waals surface area contributed by atoms with Crippen molar-refractivity contribution in [1.29, 1.82) is 0 Å². The Kier molecular flexibility index (Phi) is 3.13. The molecule has 0 aromatic heterocycles. The van der Waals surface area contributed by atoms with E-state index in [-0.39, 0.29) is 5.91 Å². The van der Waals surface area contributed by atoms with Crippen molar-refractivity contribution in [1.82, 2.24) is 4.90 Å². The van der Waals surface area contributed by atoms with Crippen LogP contribution in [0.3, 0.4) is 0 Å². The van der Waals surface area contributed by atoms with Crippen molar-refractivity contribution in [2.24, 2.45) is 5.92 Å². The van der Waals surface area contributed by atoms with Crippen LogP contribution in [0.5, 0.6) is 0 Å². The molecule has 0 heterocycles. The highest BCUT2D eigenvalue weighted by Crippen LogP contribution is 2.32. The standard InChI is InChI=1S/C13H18N2O/c1-15(9-8-10-2-3-10)13(16)11-4-6-12(14)7-5-11/h4-7,10H,2-3,8-9,14H2,1H3. The molecule has 1 aromatic carbocycles. The van der Waals surface area contributed by atoms with Crippen LogP contribution >= 0.6 is 0 Å². The molecule has 2 rings (SSSR count). The second-order valence-corrected chi connectivity index (χ2v) is 4.58. The summed E-state index contributed by atoms with van der Waals surface area (Å²) in [5, 5.41) is 0. The molecule has 0 spiro atoms. The van der Waals surface area contributed by atoms with Crippen LogP contribution < -0.4 is 5.73 Å². The fraction of sp³-hybridized carbons (Fsp3) is 0.462. The number of hydrogen-bond acceptors (Lipinski definition) is 2. The zero-order chi connectivity index (χ0) is 11.5. The lowest BCUT2D eigenvalue weighted by molar-refractivity contribution is 0.0791. The largest absolute Gasteiger partial charge is 0.399 e. The van der Waals surface area contributed by atoms with Gasteiger partial charge in [-0.1, -0.05) is 12.8 Å². The van der Waals surface area contributed by atoms with Crippen LogP contribution in [-0.2, 0) is 0 Å². The van der Waals surface area contributed by atoms with Gasteiger partial charge in [-0.15, -0.1) is 0 Å². The number of nitrogen functional groups attached to an aromatic ring is 1. The third-order valence-electron chi connectivity index (χ3n) is 3.07. The van der Waals surface area contributed by atoms with E-state index in [1.54, 1.807) is 29.2 Å². The first-order chi connectivity index (χ1) is 7.66. The van der Waals surface area contributed by atoms with Crippen LogP contribution in [0.15, 0.2) is 24.3 Å². The molecule has 1 amide bonds. The molecule has 1 saturated carbocycles. The number of amides is 1. The molecule has 3 nitrogen and oxygen atoms in total. The third kappa shape index (κ3) is 2.75. The Morgan fingerprint density at radius 2 is 2.00 bits per heavy atom. The molecular weight excluding hydrogens is 200 g/mol. The SMILES string of the molecule is CN(CCC1CC1)C(=O)c1ccc(N)cc1. The number of anilines is 1. The molecule has 1 aliphatic rings. The van der Waals surface area contributed by atoms with Crippen molar-refractivity contribution < 1.29 is 4.79 Å². The first kappa shape index (κ1) is 11.0.